The molecule has 0 aliphatic carbocycles. The van der Waals surface area contributed by atoms with E-state index in [1.54, 1.807) is 10.8 Å². The molecule has 0 saturated carbocycles. The van der Waals surface area contributed by atoms with E-state index in [2.05, 4.69) is 5.32 Å². The Kier molecular flexibility index (Phi) is 9.41. The number of aromatic nitrogens is 2. The number of nitrogens with one attached hydrogen (secondary N) is 1. The minimum Gasteiger partial charge on any atom is -0.459 e. The Morgan fingerprint density at radius 2 is 1.97 bits per heavy atom. The second-order valence-electron chi connectivity index (χ2n) is 9.79. The lowest BCUT2D eigenvalue weighted by Crippen LogP contribution is -2.35. The normalized spacial score (nSPS) is 19.4. The number of amides is 2. The largest absolute Gasteiger partial charge is 0.459 e. The van der Waals surface area contributed by atoms with Gasteiger partial charge in [-0.05, 0) is 50.8 Å². The summed E-state index contributed by atoms with van der Waals surface area (Å²) in [6.45, 7) is 4.14. The standard InChI is InChI=1S/C28H38N4O6/c1-20-26(28(36)32(30(20)2)22-10-4-3-5-11-22)21-18-23(38-25(19-21)37-17-7-6-16-33)27(35)29-13-9-15-31-14-8-12-24(31)34/h3-5,10-11,18,21,25,33H,6-9,12-17,19H2,1-2H3,(H,29,35). The summed E-state index contributed by atoms with van der Waals surface area (Å²) in [6.07, 6.45) is 4.81. The van der Waals surface area contributed by atoms with Crippen LogP contribution in [0.25, 0.3) is 5.69 Å². The van der Waals surface area contributed by atoms with Gasteiger partial charge in [0.1, 0.15) is 0 Å². The lowest BCUT2D eigenvalue weighted by Gasteiger charge is -2.29. The number of carbonyl (C=O) groups is 2. The highest BCUT2D eigenvalue weighted by Gasteiger charge is 2.33. The number of para-hydroxylation sites is 1. The van der Waals surface area contributed by atoms with Gasteiger partial charge >= 0.3 is 0 Å². The van der Waals surface area contributed by atoms with Gasteiger partial charge in [-0.15, -0.1) is 0 Å². The molecule has 1 fully saturated rings. The molecule has 2 aliphatic rings. The molecule has 0 bridgehead atoms. The molecule has 1 saturated heterocycles. The van der Waals surface area contributed by atoms with Gasteiger partial charge in [-0.1, -0.05) is 18.2 Å². The lowest BCUT2D eigenvalue weighted by molar-refractivity contribution is -0.146. The van der Waals surface area contributed by atoms with Crippen LogP contribution in [0.5, 0.6) is 0 Å². The van der Waals surface area contributed by atoms with Crippen molar-refractivity contribution in [2.24, 2.45) is 7.05 Å². The van der Waals surface area contributed by atoms with Crippen LogP contribution in [0, 0.1) is 6.92 Å². The number of allylic oxidation sites excluding steroid dienone is 1. The van der Waals surface area contributed by atoms with Crippen molar-refractivity contribution in [2.45, 2.75) is 57.7 Å². The quantitative estimate of drug-likeness (QED) is 0.410. The van der Waals surface area contributed by atoms with Gasteiger partial charge in [0.2, 0.25) is 12.2 Å². The highest BCUT2D eigenvalue weighted by Crippen LogP contribution is 2.32. The number of likely N-dealkylation sites (tertiary alicyclic amines) is 1. The van der Waals surface area contributed by atoms with Crippen LogP contribution in [0.3, 0.4) is 0 Å². The summed E-state index contributed by atoms with van der Waals surface area (Å²) >= 11 is 0. The van der Waals surface area contributed by atoms with Crippen LogP contribution < -0.4 is 10.9 Å². The van der Waals surface area contributed by atoms with E-state index in [9.17, 15) is 14.4 Å². The van der Waals surface area contributed by atoms with Crippen molar-refractivity contribution >= 4 is 11.8 Å². The topological polar surface area (TPSA) is 115 Å². The van der Waals surface area contributed by atoms with Gasteiger partial charge in [0, 0.05) is 63.3 Å². The van der Waals surface area contributed by atoms with E-state index < -0.39 is 6.29 Å². The molecule has 38 heavy (non-hydrogen) atoms. The monoisotopic (exact) mass is 526 g/mol. The summed E-state index contributed by atoms with van der Waals surface area (Å²) in [5.74, 6) is -0.459. The number of nitrogens with zero attached hydrogens (tertiary/aromatic N) is 3. The van der Waals surface area contributed by atoms with Crippen molar-refractivity contribution in [3.8, 4) is 5.69 Å². The zero-order chi connectivity index (χ0) is 27.1. The van der Waals surface area contributed by atoms with Gasteiger partial charge in [0.15, 0.2) is 5.76 Å². The third-order valence-corrected chi connectivity index (χ3v) is 7.17. The maximum atomic E-state index is 13.6. The van der Waals surface area contributed by atoms with Gasteiger partial charge in [-0.3, -0.25) is 19.1 Å². The van der Waals surface area contributed by atoms with Gasteiger partial charge in [-0.25, -0.2) is 4.68 Å². The molecule has 3 heterocycles. The molecule has 1 aromatic carbocycles. The van der Waals surface area contributed by atoms with E-state index in [0.717, 1.165) is 24.3 Å². The molecule has 10 nitrogen and oxygen atoms in total. The van der Waals surface area contributed by atoms with Crippen molar-refractivity contribution in [1.82, 2.24) is 19.6 Å². The van der Waals surface area contributed by atoms with Gasteiger partial charge in [-0.2, -0.15) is 0 Å². The third-order valence-electron chi connectivity index (χ3n) is 7.17. The van der Waals surface area contributed by atoms with Crippen molar-refractivity contribution < 1.29 is 24.2 Å². The molecule has 2 amide bonds. The Labute approximate surface area is 222 Å². The number of hydrogen-bond acceptors (Lipinski definition) is 6. The summed E-state index contributed by atoms with van der Waals surface area (Å²) in [6, 6.07) is 9.43. The summed E-state index contributed by atoms with van der Waals surface area (Å²) < 4.78 is 15.3. The Morgan fingerprint density at radius 3 is 2.68 bits per heavy atom. The fourth-order valence-corrected chi connectivity index (χ4v) is 5.06. The number of carbonyl (C=O) groups excluding carboxylic acids is 2. The minimum absolute atomic E-state index is 0.0797. The number of hydrogen-bond donors (Lipinski definition) is 2. The average Bonchev–Trinajstić information content (AvgIpc) is 3.43. The van der Waals surface area contributed by atoms with Crippen LogP contribution in [-0.2, 0) is 26.1 Å². The predicted molar refractivity (Wildman–Crippen MR) is 142 cm³/mol. The highest BCUT2D eigenvalue weighted by molar-refractivity contribution is 5.91. The van der Waals surface area contributed by atoms with Crippen LogP contribution in [0.15, 0.2) is 47.0 Å². The van der Waals surface area contributed by atoms with E-state index in [1.807, 2.05) is 53.9 Å². The summed E-state index contributed by atoms with van der Waals surface area (Å²) in [4.78, 5) is 40.3. The first kappa shape index (κ1) is 27.7. The van der Waals surface area contributed by atoms with E-state index in [-0.39, 0.29) is 35.7 Å². The molecule has 0 spiro atoms. The summed E-state index contributed by atoms with van der Waals surface area (Å²) in [7, 11) is 1.85. The molecular formula is C28H38N4O6. The molecule has 2 unspecified atom stereocenters. The van der Waals surface area contributed by atoms with Crippen molar-refractivity contribution in [3.63, 3.8) is 0 Å². The highest BCUT2D eigenvalue weighted by atomic mass is 16.7. The second-order valence-corrected chi connectivity index (χ2v) is 9.79. The molecule has 4 rings (SSSR count). The lowest BCUT2D eigenvalue weighted by atomic mass is 9.93. The third kappa shape index (κ3) is 6.36. The molecule has 206 valence electrons. The predicted octanol–water partition coefficient (Wildman–Crippen LogP) is 2.12. The van der Waals surface area contributed by atoms with E-state index >= 15 is 0 Å². The SMILES string of the molecule is Cc1c(C2C=C(C(=O)NCCCN3CCCC3=O)OC(OCCCCO)C2)c(=O)n(-c2ccccc2)n1C. The first-order valence-electron chi connectivity index (χ1n) is 13.4. The fourth-order valence-electron chi connectivity index (χ4n) is 5.06. The van der Waals surface area contributed by atoms with Gasteiger partial charge in [0.25, 0.3) is 11.5 Å². The Bertz CT molecular complexity index is 1200. The smallest absolute Gasteiger partial charge is 0.286 e. The van der Waals surface area contributed by atoms with E-state index in [4.69, 9.17) is 14.6 Å². The number of unbranched alkanes of at least 4 members (excludes halogenated alkanes) is 1. The van der Waals surface area contributed by atoms with Crippen LogP contribution in [0.1, 0.15) is 55.7 Å². The Balaban J connectivity index is 1.52. The molecule has 2 atom stereocenters. The van der Waals surface area contributed by atoms with Crippen LogP contribution >= 0.6 is 0 Å². The van der Waals surface area contributed by atoms with Gasteiger partial charge < -0.3 is 24.8 Å². The van der Waals surface area contributed by atoms with Crippen LogP contribution in [0.2, 0.25) is 0 Å². The van der Waals surface area contributed by atoms with Crippen molar-refractivity contribution in [3.05, 3.63) is 63.8 Å². The summed E-state index contributed by atoms with van der Waals surface area (Å²) in [5, 5.41) is 12.0. The first-order valence-corrected chi connectivity index (χ1v) is 13.4. The zero-order valence-electron chi connectivity index (χ0n) is 22.2. The molecule has 2 aliphatic heterocycles. The van der Waals surface area contributed by atoms with Crippen molar-refractivity contribution in [1.29, 1.82) is 0 Å². The number of aliphatic hydroxyl groups excluding tert-OH is 1. The van der Waals surface area contributed by atoms with Crippen LogP contribution in [0.4, 0.5) is 0 Å². The van der Waals surface area contributed by atoms with Crippen LogP contribution in [-0.4, -0.2) is 70.3 Å². The molecule has 2 aromatic rings. The summed E-state index contributed by atoms with van der Waals surface area (Å²) in [5.41, 5.74) is 2.02. The fraction of sp³-hybridized carbons (Fsp3) is 0.536. The zero-order valence-corrected chi connectivity index (χ0v) is 22.2. The van der Waals surface area contributed by atoms with E-state index in [1.165, 1.54) is 0 Å². The van der Waals surface area contributed by atoms with Gasteiger partial charge in [0.05, 0.1) is 12.3 Å². The molecule has 0 radical (unpaired) electrons. The molecule has 1 aromatic heterocycles. The number of aliphatic hydroxyl groups is 1. The Hall–Kier alpha value is -3.37. The number of ether oxygens (including phenoxy) is 2. The maximum absolute atomic E-state index is 13.6. The maximum Gasteiger partial charge on any atom is 0.286 e. The molecule has 10 heteroatoms. The number of benzene rings is 1. The van der Waals surface area contributed by atoms with E-state index in [0.29, 0.717) is 57.4 Å². The second kappa shape index (κ2) is 12.9. The molecule has 2 N–H and O–H groups in total. The Morgan fingerprint density at radius 1 is 1.18 bits per heavy atom. The minimum atomic E-state index is -0.698. The number of rotatable bonds is 12. The molecular weight excluding hydrogens is 488 g/mol. The average molecular weight is 527 g/mol. The first-order chi connectivity index (χ1) is 18.4. The van der Waals surface area contributed by atoms with Crippen molar-refractivity contribution in [2.75, 3.05) is 32.8 Å².